The molecule has 1 heterocycles. The number of nitrogens with zero attached hydrogens (tertiary/aromatic N) is 1. The number of hydrogen-bond donors (Lipinski definition) is 1. The van der Waals surface area contributed by atoms with Crippen LogP contribution in [-0.2, 0) is 0 Å². The van der Waals surface area contributed by atoms with E-state index in [1.165, 1.54) is 6.07 Å². The highest BCUT2D eigenvalue weighted by Crippen LogP contribution is 2.16. The molecule has 0 radical (unpaired) electrons. The zero-order chi connectivity index (χ0) is 9.42. The van der Waals surface area contributed by atoms with Crippen LogP contribution >= 0.6 is 0 Å². The van der Waals surface area contributed by atoms with Crippen molar-refractivity contribution >= 4 is 16.6 Å². The lowest BCUT2D eigenvalue weighted by molar-refractivity contribution is 1.41. The van der Waals surface area contributed by atoms with Gasteiger partial charge in [0.1, 0.15) is 0 Å². The first-order valence-electron chi connectivity index (χ1n) is 4.30. The molecule has 0 amide bonds. The average molecular weight is 146 g/mol. The summed E-state index contributed by atoms with van der Waals surface area (Å²) in [5.74, 6) is 0. The molecule has 0 aliphatic carbocycles. The van der Waals surface area contributed by atoms with Gasteiger partial charge in [-0.05, 0) is 12.1 Å². The molecule has 2 rings (SSSR count). The second-order valence-electron chi connectivity index (χ2n) is 2.25. The Bertz CT molecular complexity index is 468. The van der Waals surface area contributed by atoms with Crippen molar-refractivity contribution in [2.75, 3.05) is 5.73 Å². The number of nitrogens with two attached hydrogens (primary N) is 1. The SMILES string of the molecule is [2H]c1cc([2H])c2cccnc2c1N. The smallest absolute Gasteiger partial charge is 0.0931 e. The molecule has 2 N–H and O–H groups in total. The normalized spacial score (nSPS) is 12.7. The molecule has 2 heteroatoms. The monoisotopic (exact) mass is 146 g/mol. The van der Waals surface area contributed by atoms with Gasteiger partial charge in [-0.1, -0.05) is 18.2 Å². The Labute approximate surface area is 67.5 Å². The summed E-state index contributed by atoms with van der Waals surface area (Å²) in [6.07, 6.45) is 1.61. The Morgan fingerprint density at radius 2 is 2.27 bits per heavy atom. The molecule has 0 saturated heterocycles. The molecule has 0 fully saturated rings. The molecule has 1 aromatic carbocycles. The molecule has 54 valence electrons. The maximum Gasteiger partial charge on any atom is 0.0931 e. The first-order valence-corrected chi connectivity index (χ1v) is 3.30. The summed E-state index contributed by atoms with van der Waals surface area (Å²) in [6.45, 7) is 0. The number of aromatic nitrogens is 1. The van der Waals surface area contributed by atoms with Gasteiger partial charge < -0.3 is 5.73 Å². The second kappa shape index (κ2) is 2.23. The molecule has 0 atom stereocenters. The predicted molar refractivity (Wildman–Crippen MR) is 46.2 cm³/mol. The molecule has 0 aliphatic rings. The molecular formula is C9H8N2. The fraction of sp³-hybridized carbons (Fsp3) is 0. The maximum absolute atomic E-state index is 7.59. The van der Waals surface area contributed by atoms with E-state index in [9.17, 15) is 0 Å². The van der Waals surface area contributed by atoms with Crippen molar-refractivity contribution in [1.29, 1.82) is 0 Å². The summed E-state index contributed by atoms with van der Waals surface area (Å²) in [6, 6.07) is 5.42. The number of benzene rings is 1. The van der Waals surface area contributed by atoms with E-state index in [0.717, 1.165) is 0 Å². The van der Waals surface area contributed by atoms with E-state index in [2.05, 4.69) is 4.98 Å². The zero-order valence-electron chi connectivity index (χ0n) is 7.83. The maximum atomic E-state index is 7.59. The minimum atomic E-state index is 0.163. The summed E-state index contributed by atoms with van der Waals surface area (Å²) in [4.78, 5) is 4.04. The standard InChI is InChI=1S/C9H8N2/c10-8-5-1-3-7-4-2-6-11-9(7)8/h1-6H,10H2/i3D,5D. The topological polar surface area (TPSA) is 38.9 Å². The van der Waals surface area contributed by atoms with Crippen molar-refractivity contribution in [1.82, 2.24) is 4.98 Å². The average Bonchev–Trinajstić information content (AvgIpc) is 2.15. The van der Waals surface area contributed by atoms with Crippen molar-refractivity contribution in [3.8, 4) is 0 Å². The highest BCUT2D eigenvalue weighted by molar-refractivity contribution is 5.88. The summed E-state index contributed by atoms with van der Waals surface area (Å²) >= 11 is 0. The molecule has 2 nitrogen and oxygen atoms in total. The summed E-state index contributed by atoms with van der Waals surface area (Å²) < 4.78 is 15.0. The quantitative estimate of drug-likeness (QED) is 0.576. The summed E-state index contributed by atoms with van der Waals surface area (Å²) in [5, 5.41) is 0.691. The lowest BCUT2D eigenvalue weighted by Gasteiger charge is -1.97. The predicted octanol–water partition coefficient (Wildman–Crippen LogP) is 1.82. The van der Waals surface area contributed by atoms with E-state index in [1.54, 1.807) is 18.3 Å². The van der Waals surface area contributed by atoms with Gasteiger partial charge >= 0.3 is 0 Å². The van der Waals surface area contributed by atoms with Crippen LogP contribution in [0.1, 0.15) is 2.74 Å². The molecular weight excluding hydrogens is 136 g/mol. The van der Waals surface area contributed by atoms with Crippen LogP contribution < -0.4 is 5.73 Å². The third kappa shape index (κ3) is 0.923. The first kappa shape index (κ1) is 4.34. The molecule has 0 spiro atoms. The molecule has 0 aliphatic heterocycles. The van der Waals surface area contributed by atoms with Crippen LogP contribution in [0.5, 0.6) is 0 Å². The van der Waals surface area contributed by atoms with E-state index < -0.39 is 0 Å². The Hall–Kier alpha value is -1.57. The molecule has 0 unspecified atom stereocenters. The van der Waals surface area contributed by atoms with Crippen molar-refractivity contribution < 1.29 is 2.74 Å². The number of hydrogen-bond acceptors (Lipinski definition) is 2. The molecule has 0 saturated carbocycles. The van der Waals surface area contributed by atoms with Gasteiger partial charge in [-0.2, -0.15) is 0 Å². The van der Waals surface area contributed by atoms with Crippen LogP contribution in [0.25, 0.3) is 10.9 Å². The van der Waals surface area contributed by atoms with Gasteiger partial charge in [0.25, 0.3) is 0 Å². The number of nitrogen functional groups attached to an aromatic ring is 1. The Kier molecular flexibility index (Phi) is 0.881. The van der Waals surface area contributed by atoms with E-state index in [-0.39, 0.29) is 6.04 Å². The Morgan fingerprint density at radius 1 is 1.36 bits per heavy atom. The number of fused-ring (bicyclic) bond motifs is 1. The number of anilines is 1. The van der Waals surface area contributed by atoms with Crippen LogP contribution in [-0.4, -0.2) is 4.98 Å². The third-order valence-corrected chi connectivity index (χ3v) is 1.52. The minimum Gasteiger partial charge on any atom is -0.397 e. The lowest BCUT2D eigenvalue weighted by atomic mass is 10.2. The highest BCUT2D eigenvalue weighted by atomic mass is 14.7. The van der Waals surface area contributed by atoms with Crippen LogP contribution in [0.2, 0.25) is 0 Å². The van der Waals surface area contributed by atoms with E-state index in [1.807, 2.05) is 0 Å². The summed E-state index contributed by atoms with van der Waals surface area (Å²) in [7, 11) is 0. The van der Waals surface area contributed by atoms with Gasteiger partial charge in [0, 0.05) is 11.6 Å². The van der Waals surface area contributed by atoms with Crippen LogP contribution in [0, 0.1) is 0 Å². The largest absolute Gasteiger partial charge is 0.397 e. The van der Waals surface area contributed by atoms with Gasteiger partial charge in [-0.15, -0.1) is 0 Å². The number of rotatable bonds is 0. The number of para-hydroxylation sites is 1. The number of pyridine rings is 1. The van der Waals surface area contributed by atoms with Crippen LogP contribution in [0.15, 0.2) is 36.5 Å². The van der Waals surface area contributed by atoms with Crippen molar-refractivity contribution in [2.45, 2.75) is 0 Å². The van der Waals surface area contributed by atoms with E-state index >= 15 is 0 Å². The molecule has 11 heavy (non-hydrogen) atoms. The molecule has 2 aromatic rings. The first-order chi connectivity index (χ1) is 6.20. The minimum absolute atomic E-state index is 0.163. The Balaban J connectivity index is 2.97. The molecule has 0 bridgehead atoms. The van der Waals surface area contributed by atoms with Crippen molar-refractivity contribution in [2.24, 2.45) is 0 Å². The summed E-state index contributed by atoms with van der Waals surface area (Å²) in [5.41, 5.74) is 6.53. The Morgan fingerprint density at radius 3 is 3.18 bits per heavy atom. The van der Waals surface area contributed by atoms with Crippen molar-refractivity contribution in [3.63, 3.8) is 0 Å². The fourth-order valence-corrected chi connectivity index (χ4v) is 0.996. The lowest BCUT2D eigenvalue weighted by Crippen LogP contribution is -1.87. The third-order valence-electron chi connectivity index (χ3n) is 1.52. The van der Waals surface area contributed by atoms with Crippen molar-refractivity contribution in [3.05, 3.63) is 36.5 Å². The van der Waals surface area contributed by atoms with E-state index in [4.69, 9.17) is 8.48 Å². The highest BCUT2D eigenvalue weighted by Gasteiger charge is 1.94. The van der Waals surface area contributed by atoms with Gasteiger partial charge in [-0.25, -0.2) is 0 Å². The van der Waals surface area contributed by atoms with Crippen LogP contribution in [0.3, 0.4) is 0 Å². The van der Waals surface area contributed by atoms with Gasteiger partial charge in [0.05, 0.1) is 13.9 Å². The zero-order valence-corrected chi connectivity index (χ0v) is 5.83. The van der Waals surface area contributed by atoms with Gasteiger partial charge in [0.2, 0.25) is 0 Å². The second-order valence-corrected chi connectivity index (χ2v) is 2.25. The van der Waals surface area contributed by atoms with E-state index in [0.29, 0.717) is 22.6 Å². The van der Waals surface area contributed by atoms with Gasteiger partial charge in [-0.3, -0.25) is 4.98 Å². The van der Waals surface area contributed by atoms with Crippen LogP contribution in [0.4, 0.5) is 5.69 Å². The van der Waals surface area contributed by atoms with Gasteiger partial charge in [0.15, 0.2) is 0 Å². The molecule has 1 aromatic heterocycles. The fourth-order valence-electron chi connectivity index (χ4n) is 0.996.